The van der Waals surface area contributed by atoms with Crippen LogP contribution in [0, 0.1) is 5.82 Å². The highest BCUT2D eigenvalue weighted by molar-refractivity contribution is 6.31. The van der Waals surface area contributed by atoms with Gasteiger partial charge in [0, 0.05) is 11.1 Å². The van der Waals surface area contributed by atoms with E-state index in [1.165, 1.54) is 6.07 Å². The van der Waals surface area contributed by atoms with Crippen LogP contribution in [0.4, 0.5) is 4.39 Å². The van der Waals surface area contributed by atoms with Crippen LogP contribution in [0.2, 0.25) is 5.02 Å². The molecule has 0 heterocycles. The molecule has 0 saturated heterocycles. The van der Waals surface area contributed by atoms with E-state index in [4.69, 9.17) is 11.6 Å². The molecule has 1 nitrogen and oxygen atoms in total. The second-order valence-corrected chi connectivity index (χ2v) is 4.86. The van der Waals surface area contributed by atoms with Crippen molar-refractivity contribution in [3.63, 3.8) is 0 Å². The van der Waals surface area contributed by atoms with Crippen molar-refractivity contribution in [3.8, 4) is 5.75 Å². The van der Waals surface area contributed by atoms with Crippen molar-refractivity contribution in [2.24, 2.45) is 0 Å². The van der Waals surface area contributed by atoms with Gasteiger partial charge in [0.2, 0.25) is 0 Å². The number of phenols is 1. The number of phenolic OH excluding ortho intramolecular Hbond substituents is 1. The van der Waals surface area contributed by atoms with E-state index < -0.39 is 5.82 Å². The molecule has 0 spiro atoms. The molecule has 1 saturated carbocycles. The van der Waals surface area contributed by atoms with Gasteiger partial charge in [-0.3, -0.25) is 0 Å². The van der Waals surface area contributed by atoms with Gasteiger partial charge in [-0.15, -0.1) is 0 Å². The molecule has 3 heteroatoms. The number of rotatable bonds is 2. The first-order valence-corrected chi connectivity index (χ1v) is 5.61. The predicted octanol–water partition coefficient (Wildman–Crippen LogP) is 4.19. The highest BCUT2D eigenvalue weighted by Gasteiger charge is 2.31. The average Bonchev–Trinajstić information content (AvgIpc) is 2.93. The number of aromatic hydroxyl groups is 1. The molecule has 0 radical (unpaired) electrons. The Balaban J connectivity index is 2.64. The minimum atomic E-state index is -0.503. The van der Waals surface area contributed by atoms with Crippen LogP contribution in [-0.4, -0.2) is 5.11 Å². The van der Waals surface area contributed by atoms with Crippen LogP contribution in [0.3, 0.4) is 0 Å². The van der Waals surface area contributed by atoms with Crippen LogP contribution in [0.25, 0.3) is 0 Å². The predicted molar refractivity (Wildman–Crippen MR) is 59.1 cm³/mol. The molecule has 1 aliphatic rings. The Hall–Kier alpha value is -0.760. The smallest absolute Gasteiger partial charge is 0.168 e. The molecule has 0 bridgehead atoms. The number of hydrogen-bond acceptors (Lipinski definition) is 1. The van der Waals surface area contributed by atoms with Crippen LogP contribution in [0.15, 0.2) is 6.07 Å². The van der Waals surface area contributed by atoms with Crippen molar-refractivity contribution in [3.05, 3.63) is 28.0 Å². The van der Waals surface area contributed by atoms with E-state index in [2.05, 4.69) is 0 Å². The van der Waals surface area contributed by atoms with Crippen LogP contribution in [0.1, 0.15) is 49.7 Å². The summed E-state index contributed by atoms with van der Waals surface area (Å²) in [4.78, 5) is 0. The SMILES string of the molecule is CC(C)c1c(F)c(O)cc(Cl)c1C1CC1. The van der Waals surface area contributed by atoms with Gasteiger partial charge in [-0.1, -0.05) is 25.4 Å². The molecule has 0 amide bonds. The molecule has 1 fully saturated rings. The largest absolute Gasteiger partial charge is 0.505 e. The number of benzene rings is 1. The third kappa shape index (κ3) is 1.83. The van der Waals surface area contributed by atoms with Gasteiger partial charge in [-0.2, -0.15) is 0 Å². The molecule has 0 aliphatic heterocycles. The second-order valence-electron chi connectivity index (χ2n) is 4.45. The van der Waals surface area contributed by atoms with Gasteiger partial charge >= 0.3 is 0 Å². The summed E-state index contributed by atoms with van der Waals surface area (Å²) in [5.74, 6) is -0.403. The van der Waals surface area contributed by atoms with E-state index in [-0.39, 0.29) is 11.7 Å². The summed E-state index contributed by atoms with van der Waals surface area (Å²) in [5.41, 5.74) is 1.49. The van der Waals surface area contributed by atoms with Crippen LogP contribution < -0.4 is 0 Å². The highest BCUT2D eigenvalue weighted by atomic mass is 35.5. The Kier molecular flexibility index (Phi) is 2.63. The zero-order valence-corrected chi connectivity index (χ0v) is 9.61. The van der Waals surface area contributed by atoms with Crippen LogP contribution in [0.5, 0.6) is 5.75 Å². The fourth-order valence-corrected chi connectivity index (χ4v) is 2.36. The fourth-order valence-electron chi connectivity index (χ4n) is 2.00. The minimum Gasteiger partial charge on any atom is -0.505 e. The molecule has 2 rings (SSSR count). The molecule has 1 aromatic carbocycles. The lowest BCUT2D eigenvalue weighted by Crippen LogP contribution is -2.01. The summed E-state index contributed by atoms with van der Waals surface area (Å²) < 4.78 is 13.8. The van der Waals surface area contributed by atoms with Crippen molar-refractivity contribution >= 4 is 11.6 Å². The lowest BCUT2D eigenvalue weighted by Gasteiger charge is -2.16. The summed E-state index contributed by atoms with van der Waals surface area (Å²) in [7, 11) is 0. The topological polar surface area (TPSA) is 20.2 Å². The first-order valence-electron chi connectivity index (χ1n) is 5.23. The molecule has 0 atom stereocenters. The quantitative estimate of drug-likeness (QED) is 0.805. The molecule has 1 aromatic rings. The summed E-state index contributed by atoms with van der Waals surface area (Å²) in [6, 6.07) is 1.32. The molecule has 82 valence electrons. The van der Waals surface area contributed by atoms with E-state index in [0.717, 1.165) is 18.4 Å². The molecule has 1 N–H and O–H groups in total. The molecular formula is C12H14ClFO. The number of halogens is 2. The molecule has 15 heavy (non-hydrogen) atoms. The standard InChI is InChI=1S/C12H14ClFO/c1-6(2)10-11(7-3-4-7)8(13)5-9(15)12(10)14/h5-7,15H,3-4H2,1-2H3. The first kappa shape index (κ1) is 10.7. The maximum atomic E-state index is 13.8. The zero-order chi connectivity index (χ0) is 11.2. The first-order chi connectivity index (χ1) is 7.02. The molecule has 0 aromatic heterocycles. The lowest BCUT2D eigenvalue weighted by atomic mass is 9.93. The summed E-state index contributed by atoms with van der Waals surface area (Å²) >= 11 is 6.06. The van der Waals surface area contributed by atoms with Crippen LogP contribution in [-0.2, 0) is 0 Å². The van der Waals surface area contributed by atoms with Crippen molar-refractivity contribution in [1.82, 2.24) is 0 Å². The second kappa shape index (κ2) is 3.67. The highest BCUT2D eigenvalue weighted by Crippen LogP contribution is 2.48. The van der Waals surface area contributed by atoms with Gasteiger partial charge in [0.15, 0.2) is 11.6 Å². The van der Waals surface area contributed by atoms with Gasteiger partial charge < -0.3 is 5.11 Å². The average molecular weight is 229 g/mol. The molecular weight excluding hydrogens is 215 g/mol. The van der Waals surface area contributed by atoms with Gasteiger partial charge in [0.1, 0.15) is 0 Å². The molecule has 1 aliphatic carbocycles. The third-order valence-corrected chi connectivity index (χ3v) is 3.15. The maximum Gasteiger partial charge on any atom is 0.168 e. The summed E-state index contributed by atoms with van der Waals surface area (Å²) in [6.07, 6.45) is 2.15. The Labute approximate surface area is 93.9 Å². The van der Waals surface area contributed by atoms with Gasteiger partial charge in [0.05, 0.1) is 0 Å². The van der Waals surface area contributed by atoms with E-state index >= 15 is 0 Å². The summed E-state index contributed by atoms with van der Waals surface area (Å²) in [5, 5.41) is 9.90. The van der Waals surface area contributed by atoms with Gasteiger partial charge in [-0.05, 0) is 35.8 Å². The normalized spacial score (nSPS) is 16.1. The van der Waals surface area contributed by atoms with Crippen molar-refractivity contribution in [2.45, 2.75) is 38.5 Å². The van der Waals surface area contributed by atoms with Crippen molar-refractivity contribution in [2.75, 3.05) is 0 Å². The monoisotopic (exact) mass is 228 g/mol. The van der Waals surface area contributed by atoms with Gasteiger partial charge in [-0.25, -0.2) is 4.39 Å². The Bertz CT molecular complexity index is 397. The van der Waals surface area contributed by atoms with E-state index in [0.29, 0.717) is 16.5 Å². The molecule has 0 unspecified atom stereocenters. The van der Waals surface area contributed by atoms with E-state index in [1.807, 2.05) is 13.8 Å². The Morgan fingerprint density at radius 3 is 2.53 bits per heavy atom. The van der Waals surface area contributed by atoms with Crippen LogP contribution >= 0.6 is 11.6 Å². The fraction of sp³-hybridized carbons (Fsp3) is 0.500. The van der Waals surface area contributed by atoms with E-state index in [1.54, 1.807) is 0 Å². The number of hydrogen-bond donors (Lipinski definition) is 1. The van der Waals surface area contributed by atoms with Gasteiger partial charge in [0.25, 0.3) is 0 Å². The minimum absolute atomic E-state index is 0.0465. The van der Waals surface area contributed by atoms with Crippen molar-refractivity contribution < 1.29 is 9.50 Å². The van der Waals surface area contributed by atoms with E-state index in [9.17, 15) is 9.50 Å². The Morgan fingerprint density at radius 2 is 2.07 bits per heavy atom. The lowest BCUT2D eigenvalue weighted by molar-refractivity contribution is 0.425. The summed E-state index contributed by atoms with van der Waals surface area (Å²) in [6.45, 7) is 3.83. The Morgan fingerprint density at radius 1 is 1.47 bits per heavy atom. The third-order valence-electron chi connectivity index (χ3n) is 2.84. The zero-order valence-electron chi connectivity index (χ0n) is 8.85. The van der Waals surface area contributed by atoms with Crippen molar-refractivity contribution in [1.29, 1.82) is 0 Å². The maximum absolute atomic E-state index is 13.8.